The molecule has 112 valence electrons. The van der Waals surface area contributed by atoms with Gasteiger partial charge in [0.2, 0.25) is 0 Å². The first-order valence-corrected chi connectivity index (χ1v) is 8.61. The summed E-state index contributed by atoms with van der Waals surface area (Å²) in [6.07, 6.45) is 0. The van der Waals surface area contributed by atoms with Crippen LogP contribution in [0.25, 0.3) is 0 Å². The lowest BCUT2D eigenvalue weighted by atomic mass is 10.0. The molecule has 0 bridgehead atoms. The van der Waals surface area contributed by atoms with E-state index in [1.54, 1.807) is 12.1 Å². The highest BCUT2D eigenvalue weighted by Gasteiger charge is 2.18. The third-order valence-corrected chi connectivity index (χ3v) is 5.11. The zero-order valence-electron chi connectivity index (χ0n) is 11.6. The molecule has 0 heterocycles. The van der Waals surface area contributed by atoms with E-state index in [2.05, 4.69) is 18.6 Å². The number of halogens is 2. The van der Waals surface area contributed by atoms with Gasteiger partial charge in [-0.05, 0) is 41.8 Å². The second-order valence-electron chi connectivity index (χ2n) is 4.96. The van der Waals surface area contributed by atoms with Crippen molar-refractivity contribution in [2.45, 2.75) is 24.7 Å². The minimum Gasteiger partial charge on any atom is -0.280 e. The largest absolute Gasteiger partial charge is 0.280 e. The van der Waals surface area contributed by atoms with Gasteiger partial charge >= 0.3 is 0 Å². The van der Waals surface area contributed by atoms with Gasteiger partial charge in [-0.15, -0.1) is 0 Å². The summed E-state index contributed by atoms with van der Waals surface area (Å²) in [5, 5.41) is 0.481. The van der Waals surface area contributed by atoms with Gasteiger partial charge < -0.3 is 0 Å². The lowest BCUT2D eigenvalue weighted by Gasteiger charge is -2.11. The van der Waals surface area contributed by atoms with Crippen molar-refractivity contribution in [1.29, 1.82) is 0 Å². The van der Waals surface area contributed by atoms with Gasteiger partial charge in [-0.2, -0.15) is 0 Å². The molecule has 1 N–H and O–H groups in total. The lowest BCUT2D eigenvalue weighted by molar-refractivity contribution is 0.601. The topological polar surface area (TPSA) is 46.2 Å². The molecule has 0 aliphatic rings. The maximum atomic E-state index is 12.3. The first kappa shape index (κ1) is 16.1. The minimum absolute atomic E-state index is 0.00139. The summed E-state index contributed by atoms with van der Waals surface area (Å²) in [6.45, 7) is 4.15. The Kier molecular flexibility index (Phi) is 4.81. The van der Waals surface area contributed by atoms with Crippen LogP contribution in [0, 0.1) is 0 Å². The molecule has 21 heavy (non-hydrogen) atoms. The van der Waals surface area contributed by atoms with E-state index in [0.29, 0.717) is 16.6 Å². The van der Waals surface area contributed by atoms with Crippen LogP contribution in [-0.4, -0.2) is 8.42 Å². The summed E-state index contributed by atoms with van der Waals surface area (Å²) >= 11 is 11.7. The zero-order valence-corrected chi connectivity index (χ0v) is 13.9. The Morgan fingerprint density at radius 1 is 1.00 bits per heavy atom. The molecular formula is C15H15Cl2NO2S. The van der Waals surface area contributed by atoms with Crippen molar-refractivity contribution >= 4 is 38.9 Å². The van der Waals surface area contributed by atoms with Crippen LogP contribution in [-0.2, 0) is 10.0 Å². The first-order valence-electron chi connectivity index (χ1n) is 6.37. The van der Waals surface area contributed by atoms with Crippen molar-refractivity contribution in [3.8, 4) is 0 Å². The molecule has 0 spiro atoms. The Morgan fingerprint density at radius 2 is 1.62 bits per heavy atom. The van der Waals surface area contributed by atoms with Crippen LogP contribution in [0.3, 0.4) is 0 Å². The highest BCUT2D eigenvalue weighted by Crippen LogP contribution is 2.27. The smallest absolute Gasteiger partial charge is 0.263 e. The van der Waals surface area contributed by atoms with Gasteiger partial charge in [-0.1, -0.05) is 49.2 Å². The van der Waals surface area contributed by atoms with Gasteiger partial charge in [-0.25, -0.2) is 8.42 Å². The number of rotatable bonds is 4. The maximum absolute atomic E-state index is 12.3. The molecule has 0 radical (unpaired) electrons. The Balaban J connectivity index is 2.28. The third kappa shape index (κ3) is 3.90. The molecule has 0 unspecified atom stereocenters. The highest BCUT2D eigenvalue weighted by molar-refractivity contribution is 7.92. The molecule has 0 saturated heterocycles. The normalized spacial score (nSPS) is 11.7. The van der Waals surface area contributed by atoms with Crippen LogP contribution in [0.2, 0.25) is 10.0 Å². The van der Waals surface area contributed by atoms with Crippen LogP contribution in [0.4, 0.5) is 5.69 Å². The van der Waals surface area contributed by atoms with Gasteiger partial charge in [0.1, 0.15) is 4.90 Å². The van der Waals surface area contributed by atoms with E-state index < -0.39 is 10.0 Å². The van der Waals surface area contributed by atoms with E-state index in [1.807, 2.05) is 12.1 Å². The number of nitrogens with one attached hydrogen (secondary N) is 1. The molecule has 0 aliphatic heterocycles. The summed E-state index contributed by atoms with van der Waals surface area (Å²) in [4.78, 5) is 0.00139. The molecule has 0 saturated carbocycles. The summed E-state index contributed by atoms with van der Waals surface area (Å²) < 4.78 is 27.1. The van der Waals surface area contributed by atoms with Crippen LogP contribution in [0.15, 0.2) is 47.4 Å². The zero-order chi connectivity index (χ0) is 15.6. The fraction of sp³-hybridized carbons (Fsp3) is 0.200. The average molecular weight is 344 g/mol. The van der Waals surface area contributed by atoms with E-state index in [0.717, 1.165) is 5.56 Å². The molecule has 2 aromatic carbocycles. The standard InChI is InChI=1S/C15H15Cl2NO2S/c1-10(2)11-3-6-13(7-4-11)18-21(19,20)15-8-5-12(16)9-14(15)17/h3-10,18H,1-2H3. The fourth-order valence-corrected chi connectivity index (χ4v) is 3.67. The summed E-state index contributed by atoms with van der Waals surface area (Å²) in [5.74, 6) is 0.390. The number of anilines is 1. The molecule has 0 atom stereocenters. The maximum Gasteiger partial charge on any atom is 0.263 e. The van der Waals surface area contributed by atoms with Gasteiger partial charge in [0.25, 0.3) is 10.0 Å². The van der Waals surface area contributed by atoms with Gasteiger partial charge in [0.15, 0.2) is 0 Å². The van der Waals surface area contributed by atoms with Crippen LogP contribution in [0.1, 0.15) is 25.3 Å². The van der Waals surface area contributed by atoms with Crippen LogP contribution >= 0.6 is 23.2 Å². The average Bonchev–Trinajstić information content (AvgIpc) is 2.38. The van der Waals surface area contributed by atoms with Crippen molar-refractivity contribution in [1.82, 2.24) is 0 Å². The third-order valence-electron chi connectivity index (χ3n) is 3.01. The highest BCUT2D eigenvalue weighted by atomic mass is 35.5. The monoisotopic (exact) mass is 343 g/mol. The molecule has 0 amide bonds. The van der Waals surface area contributed by atoms with Crippen molar-refractivity contribution in [2.75, 3.05) is 4.72 Å². The van der Waals surface area contributed by atoms with Crippen LogP contribution < -0.4 is 4.72 Å². The Bertz CT molecular complexity index is 741. The Morgan fingerprint density at radius 3 is 2.14 bits per heavy atom. The molecular weight excluding hydrogens is 329 g/mol. The van der Waals surface area contributed by atoms with E-state index >= 15 is 0 Å². The summed E-state index contributed by atoms with van der Waals surface area (Å²) in [5.41, 5.74) is 1.63. The van der Waals surface area contributed by atoms with Gasteiger partial charge in [-0.3, -0.25) is 4.72 Å². The number of benzene rings is 2. The van der Waals surface area contributed by atoms with E-state index in [9.17, 15) is 8.42 Å². The SMILES string of the molecule is CC(C)c1ccc(NS(=O)(=O)c2ccc(Cl)cc2Cl)cc1. The fourth-order valence-electron chi connectivity index (χ4n) is 1.84. The first-order chi connectivity index (χ1) is 9.79. The van der Waals surface area contributed by atoms with Crippen molar-refractivity contribution < 1.29 is 8.42 Å². The van der Waals surface area contributed by atoms with Crippen molar-refractivity contribution in [3.05, 3.63) is 58.1 Å². The quantitative estimate of drug-likeness (QED) is 0.856. The lowest BCUT2D eigenvalue weighted by Crippen LogP contribution is -2.13. The molecule has 0 fully saturated rings. The van der Waals surface area contributed by atoms with E-state index in [4.69, 9.17) is 23.2 Å². The predicted octanol–water partition coefficient (Wildman–Crippen LogP) is 4.92. The van der Waals surface area contributed by atoms with Gasteiger partial charge in [0, 0.05) is 10.7 Å². The minimum atomic E-state index is -3.73. The molecule has 2 rings (SSSR count). The summed E-state index contributed by atoms with van der Waals surface area (Å²) in [6, 6.07) is 11.5. The second kappa shape index (κ2) is 6.26. The van der Waals surface area contributed by atoms with Crippen LogP contribution in [0.5, 0.6) is 0 Å². The van der Waals surface area contributed by atoms with Gasteiger partial charge in [0.05, 0.1) is 5.02 Å². The molecule has 6 heteroatoms. The van der Waals surface area contributed by atoms with E-state index in [1.165, 1.54) is 18.2 Å². The second-order valence-corrected chi connectivity index (χ2v) is 7.45. The van der Waals surface area contributed by atoms with Crippen molar-refractivity contribution in [2.24, 2.45) is 0 Å². The Labute approximate surface area is 135 Å². The molecule has 0 aromatic heterocycles. The number of hydrogen-bond acceptors (Lipinski definition) is 2. The molecule has 3 nitrogen and oxygen atoms in total. The summed E-state index contributed by atoms with van der Waals surface area (Å²) in [7, 11) is -3.73. The molecule has 2 aromatic rings. The Hall–Kier alpha value is -1.23. The molecule has 0 aliphatic carbocycles. The van der Waals surface area contributed by atoms with E-state index in [-0.39, 0.29) is 9.92 Å². The predicted molar refractivity (Wildman–Crippen MR) is 87.8 cm³/mol. The number of hydrogen-bond donors (Lipinski definition) is 1. The number of sulfonamides is 1. The van der Waals surface area contributed by atoms with Crippen molar-refractivity contribution in [3.63, 3.8) is 0 Å².